The van der Waals surface area contributed by atoms with Gasteiger partial charge in [0, 0.05) is 6.07 Å². The molecule has 0 radical (unpaired) electrons. The van der Waals surface area contributed by atoms with Crippen molar-refractivity contribution in [2.45, 2.75) is 0 Å². The number of carbonyl (C=O) groups is 1. The summed E-state index contributed by atoms with van der Waals surface area (Å²) >= 11 is 13.1. The van der Waals surface area contributed by atoms with E-state index in [0.29, 0.717) is 22.1 Å². The number of benzene rings is 1. The number of amides is 1. The molecule has 2 aromatic rings. The van der Waals surface area contributed by atoms with Gasteiger partial charge >= 0.3 is 0 Å². The van der Waals surface area contributed by atoms with Crippen LogP contribution >= 0.6 is 23.2 Å². The fraction of sp³-hybridized carbons (Fsp3) is 0. The van der Waals surface area contributed by atoms with Crippen LogP contribution in [0.5, 0.6) is 0 Å². The average molecular weight is 329 g/mol. The number of carbonyl (C=O) groups excluding carboxylic acids is 1. The number of halogens is 2. The smallest absolute Gasteiger partial charge is 0.273 e. The van der Waals surface area contributed by atoms with E-state index in [2.05, 4.69) is 24.2 Å². The Labute approximate surface area is 126 Å². The second-order valence-electron chi connectivity index (χ2n) is 3.84. The van der Waals surface area contributed by atoms with E-state index in [4.69, 9.17) is 28.9 Å². The van der Waals surface area contributed by atoms with Crippen molar-refractivity contribution in [3.8, 4) is 0 Å². The Kier molecular flexibility index (Phi) is 3.20. The number of nitrogens with two attached hydrogens (primary N) is 1. The highest BCUT2D eigenvalue weighted by molar-refractivity contribution is 7.58. The van der Waals surface area contributed by atoms with E-state index < -0.39 is 5.91 Å². The minimum atomic E-state index is -0.437. The Balaban J connectivity index is 1.98. The van der Waals surface area contributed by atoms with Gasteiger partial charge in [-0.3, -0.25) is 9.89 Å². The molecule has 0 fully saturated rings. The zero-order valence-electron chi connectivity index (χ0n) is 9.65. The Morgan fingerprint density at radius 1 is 1.25 bits per heavy atom. The quantitative estimate of drug-likeness (QED) is 0.671. The second kappa shape index (κ2) is 4.89. The SMILES string of the molecule is Nc1cc(C(=O)Nc2c(Cl)cc(Cl)c3c2N=S=N3)[nH]n1. The van der Waals surface area contributed by atoms with E-state index in [1.165, 1.54) is 12.1 Å². The molecule has 2 heterocycles. The fourth-order valence-electron chi connectivity index (χ4n) is 1.63. The van der Waals surface area contributed by atoms with Crippen LogP contribution in [0.4, 0.5) is 22.9 Å². The van der Waals surface area contributed by atoms with Gasteiger partial charge < -0.3 is 11.1 Å². The topological polar surface area (TPSA) is 109 Å². The molecule has 0 unspecified atom stereocenters. The molecule has 1 amide bonds. The molecule has 0 bridgehead atoms. The van der Waals surface area contributed by atoms with Crippen molar-refractivity contribution in [3.63, 3.8) is 0 Å². The van der Waals surface area contributed by atoms with Crippen LogP contribution in [0, 0.1) is 0 Å². The summed E-state index contributed by atoms with van der Waals surface area (Å²) < 4.78 is 8.14. The summed E-state index contributed by atoms with van der Waals surface area (Å²) in [6.07, 6.45) is 0. The van der Waals surface area contributed by atoms with Gasteiger partial charge in [0.05, 0.1) is 27.1 Å². The molecule has 10 heteroatoms. The lowest BCUT2D eigenvalue weighted by Gasteiger charge is -2.10. The number of nitrogen functional groups attached to an aromatic ring is 1. The molecule has 0 atom stereocenters. The Bertz CT molecular complexity index is 795. The maximum atomic E-state index is 12.1. The van der Waals surface area contributed by atoms with Crippen molar-refractivity contribution in [1.82, 2.24) is 10.2 Å². The highest BCUT2D eigenvalue weighted by Gasteiger charge is 2.21. The first-order valence-electron chi connectivity index (χ1n) is 5.29. The molecule has 0 saturated carbocycles. The summed E-state index contributed by atoms with van der Waals surface area (Å²) in [5, 5.41) is 9.48. The molecule has 3 rings (SSSR count). The zero-order chi connectivity index (χ0) is 14.3. The van der Waals surface area contributed by atoms with Crippen LogP contribution in [-0.4, -0.2) is 16.1 Å². The lowest BCUT2D eigenvalue weighted by molar-refractivity contribution is 0.102. The van der Waals surface area contributed by atoms with Gasteiger partial charge in [-0.2, -0.15) is 13.8 Å². The molecule has 1 aromatic carbocycles. The van der Waals surface area contributed by atoms with Gasteiger partial charge in [-0.1, -0.05) is 23.2 Å². The van der Waals surface area contributed by atoms with Gasteiger partial charge in [0.25, 0.3) is 5.91 Å². The van der Waals surface area contributed by atoms with Gasteiger partial charge in [-0.15, -0.1) is 0 Å². The number of aromatic nitrogens is 2. The summed E-state index contributed by atoms with van der Waals surface area (Å²) in [5.74, 6) is -0.217. The van der Waals surface area contributed by atoms with Crippen LogP contribution in [0.15, 0.2) is 20.9 Å². The summed E-state index contributed by atoms with van der Waals surface area (Å²) in [6.45, 7) is 0. The Hall–Kier alpha value is -1.90. The van der Waals surface area contributed by atoms with Crippen molar-refractivity contribution in [3.05, 3.63) is 27.9 Å². The maximum absolute atomic E-state index is 12.1. The van der Waals surface area contributed by atoms with Crippen LogP contribution in [-0.2, 0) is 11.4 Å². The number of hydrogen-bond acceptors (Lipinski definition) is 5. The predicted molar refractivity (Wildman–Crippen MR) is 79.0 cm³/mol. The largest absolute Gasteiger partial charge is 0.382 e. The van der Waals surface area contributed by atoms with Crippen molar-refractivity contribution < 1.29 is 4.79 Å². The third-order valence-electron chi connectivity index (χ3n) is 2.52. The highest BCUT2D eigenvalue weighted by atomic mass is 35.5. The van der Waals surface area contributed by atoms with Crippen LogP contribution < -0.4 is 11.1 Å². The lowest BCUT2D eigenvalue weighted by Crippen LogP contribution is -2.12. The third kappa shape index (κ3) is 2.17. The van der Waals surface area contributed by atoms with Gasteiger partial charge in [-0.05, 0) is 6.07 Å². The molecule has 4 N–H and O–H groups in total. The third-order valence-corrected chi connectivity index (χ3v) is 3.64. The average Bonchev–Trinajstić information content (AvgIpc) is 3.02. The van der Waals surface area contributed by atoms with Gasteiger partial charge in [0.2, 0.25) is 0 Å². The van der Waals surface area contributed by atoms with Crippen molar-refractivity contribution in [2.24, 2.45) is 8.73 Å². The second-order valence-corrected chi connectivity index (χ2v) is 5.18. The van der Waals surface area contributed by atoms with Gasteiger partial charge in [0.1, 0.15) is 22.9 Å². The molecule has 1 aliphatic heterocycles. The number of aromatic amines is 1. The minimum absolute atomic E-state index is 0.213. The normalized spacial score (nSPS) is 12.1. The molecule has 0 saturated heterocycles. The standard InChI is InChI=1S/C10H6Cl2N6OS/c11-3-1-4(12)8-9(18-20-17-8)7(3)14-10(19)5-2-6(13)16-15-5/h1-2H,(H,14,19)(H3,13,15,16). The van der Waals surface area contributed by atoms with E-state index in [9.17, 15) is 4.79 Å². The summed E-state index contributed by atoms with van der Waals surface area (Å²) in [4.78, 5) is 12.1. The van der Waals surface area contributed by atoms with Gasteiger partial charge in [-0.25, -0.2) is 0 Å². The van der Waals surface area contributed by atoms with E-state index >= 15 is 0 Å². The molecular weight excluding hydrogens is 323 g/mol. The molecule has 1 aliphatic rings. The fourth-order valence-corrected chi connectivity index (χ4v) is 2.79. The van der Waals surface area contributed by atoms with Gasteiger partial charge in [0.15, 0.2) is 0 Å². The lowest BCUT2D eigenvalue weighted by atomic mass is 10.2. The van der Waals surface area contributed by atoms with Crippen LogP contribution in [0.3, 0.4) is 0 Å². The van der Waals surface area contributed by atoms with E-state index in [0.717, 1.165) is 11.4 Å². The minimum Gasteiger partial charge on any atom is -0.382 e. The Morgan fingerprint density at radius 3 is 2.70 bits per heavy atom. The van der Waals surface area contributed by atoms with Crippen LogP contribution in [0.2, 0.25) is 10.0 Å². The number of anilines is 2. The first kappa shape index (κ1) is 13.1. The number of nitrogens with one attached hydrogen (secondary N) is 2. The summed E-state index contributed by atoms with van der Waals surface area (Å²) in [7, 11) is 0. The van der Waals surface area contributed by atoms with Crippen LogP contribution in [0.1, 0.15) is 10.5 Å². The first-order chi connectivity index (χ1) is 9.56. The molecule has 1 aromatic heterocycles. The van der Waals surface area contributed by atoms with Crippen molar-refractivity contribution in [2.75, 3.05) is 11.1 Å². The monoisotopic (exact) mass is 328 g/mol. The molecular formula is C10H6Cl2N6OS. The van der Waals surface area contributed by atoms with E-state index in [-0.39, 0.29) is 16.5 Å². The number of H-pyrrole nitrogens is 1. The maximum Gasteiger partial charge on any atom is 0.273 e. The molecule has 0 spiro atoms. The van der Waals surface area contributed by atoms with Crippen molar-refractivity contribution >= 4 is 63.3 Å². The summed E-state index contributed by atoms with van der Waals surface area (Å²) in [5.41, 5.74) is 6.93. The number of rotatable bonds is 2. The van der Waals surface area contributed by atoms with Crippen molar-refractivity contribution in [1.29, 1.82) is 0 Å². The molecule has 20 heavy (non-hydrogen) atoms. The highest BCUT2D eigenvalue weighted by Crippen LogP contribution is 2.47. The van der Waals surface area contributed by atoms with E-state index in [1.807, 2.05) is 0 Å². The number of hydrogen-bond donors (Lipinski definition) is 3. The first-order valence-corrected chi connectivity index (χ1v) is 6.77. The zero-order valence-corrected chi connectivity index (χ0v) is 12.0. The predicted octanol–water partition coefficient (Wildman–Crippen LogP) is 3.28. The molecule has 102 valence electrons. The summed E-state index contributed by atoms with van der Waals surface area (Å²) in [6, 6.07) is 2.92. The number of fused-ring (bicyclic) bond motifs is 1. The molecule has 7 nitrogen and oxygen atoms in total. The Morgan fingerprint density at radius 2 is 2.00 bits per heavy atom. The van der Waals surface area contributed by atoms with Crippen LogP contribution in [0.25, 0.3) is 0 Å². The number of nitrogens with zero attached hydrogens (tertiary/aromatic N) is 3. The molecule has 0 aliphatic carbocycles. The van der Waals surface area contributed by atoms with E-state index in [1.54, 1.807) is 0 Å².